The molecule has 0 heterocycles. The van der Waals surface area contributed by atoms with Crippen molar-refractivity contribution in [3.63, 3.8) is 0 Å². The van der Waals surface area contributed by atoms with Crippen molar-refractivity contribution in [2.24, 2.45) is 0 Å². The molecule has 0 aromatic carbocycles. The van der Waals surface area contributed by atoms with E-state index in [1.54, 1.807) is 27.7 Å². The third-order valence-corrected chi connectivity index (χ3v) is 13.4. The molecule has 0 aliphatic rings. The van der Waals surface area contributed by atoms with Gasteiger partial charge >= 0.3 is 190 Å². The molecule has 8 nitrogen and oxygen atoms in total. The summed E-state index contributed by atoms with van der Waals surface area (Å²) in [5.74, 6) is -2.78. The summed E-state index contributed by atoms with van der Waals surface area (Å²) in [4.78, 5) is 48.1. The van der Waals surface area contributed by atoms with Gasteiger partial charge in [-0.25, -0.2) is 0 Å². The third-order valence-electron chi connectivity index (χ3n) is 3.81. The van der Waals surface area contributed by atoms with E-state index in [9.17, 15) is 19.2 Å². The zero-order valence-corrected chi connectivity index (χ0v) is 22.3. The molecule has 0 rings (SSSR count). The Kier molecular flexibility index (Phi) is 14.9. The molecular formula is C22H36O8Sn. The van der Waals surface area contributed by atoms with Crippen LogP contribution in [0.4, 0.5) is 0 Å². The van der Waals surface area contributed by atoms with Gasteiger partial charge in [-0.05, 0) is 0 Å². The van der Waals surface area contributed by atoms with Gasteiger partial charge in [0.1, 0.15) is 0 Å². The van der Waals surface area contributed by atoms with E-state index < -0.39 is 43.1 Å². The average Bonchev–Trinajstić information content (AvgIpc) is 2.66. The van der Waals surface area contributed by atoms with Crippen LogP contribution < -0.4 is 0 Å². The Morgan fingerprint density at radius 2 is 0.968 bits per heavy atom. The van der Waals surface area contributed by atoms with Crippen LogP contribution in [-0.4, -0.2) is 55.3 Å². The first-order chi connectivity index (χ1) is 14.5. The zero-order chi connectivity index (χ0) is 23.9. The normalized spacial score (nSPS) is 11.9. The van der Waals surface area contributed by atoms with E-state index in [0.29, 0.717) is 8.87 Å². The SMILES string of the molecule is CCC[CH2][Sn]([CH2]CCC)([O]C(=O)C=CC(=O)OC(C)C)[O]C(=O)C=CC(=O)OC(C)C. The van der Waals surface area contributed by atoms with E-state index in [1.165, 1.54) is 0 Å². The predicted molar refractivity (Wildman–Crippen MR) is 118 cm³/mol. The number of hydrogen-bond acceptors (Lipinski definition) is 8. The quantitative estimate of drug-likeness (QED) is 0.182. The number of carbonyl (C=O) groups excluding carboxylic acids is 4. The van der Waals surface area contributed by atoms with Crippen LogP contribution in [0.5, 0.6) is 0 Å². The van der Waals surface area contributed by atoms with Crippen LogP contribution in [0.3, 0.4) is 0 Å². The minimum absolute atomic E-state index is 0.310. The van der Waals surface area contributed by atoms with Crippen LogP contribution in [0.15, 0.2) is 24.3 Å². The van der Waals surface area contributed by atoms with Gasteiger partial charge in [-0.3, -0.25) is 0 Å². The summed E-state index contributed by atoms with van der Waals surface area (Å²) in [5, 5.41) is 0. The molecule has 0 saturated carbocycles. The number of unbranched alkanes of at least 4 members (excludes halogenated alkanes) is 2. The van der Waals surface area contributed by atoms with E-state index >= 15 is 0 Å². The minimum atomic E-state index is -4.19. The molecule has 0 atom stereocenters. The molecule has 0 unspecified atom stereocenters. The topological polar surface area (TPSA) is 105 Å². The third kappa shape index (κ3) is 14.7. The first kappa shape index (κ1) is 29.2. The molecule has 9 heteroatoms. The van der Waals surface area contributed by atoms with Gasteiger partial charge in [0.05, 0.1) is 0 Å². The molecule has 0 saturated heterocycles. The maximum atomic E-state index is 12.4. The average molecular weight is 547 g/mol. The van der Waals surface area contributed by atoms with Crippen LogP contribution in [0.25, 0.3) is 0 Å². The Morgan fingerprint density at radius 1 is 0.645 bits per heavy atom. The summed E-state index contributed by atoms with van der Waals surface area (Å²) in [5.41, 5.74) is 0. The van der Waals surface area contributed by atoms with Crippen LogP contribution in [0.1, 0.15) is 67.2 Å². The summed E-state index contributed by atoms with van der Waals surface area (Å²) in [6, 6.07) is 0. The Bertz CT molecular complexity index is 596. The van der Waals surface area contributed by atoms with Crippen molar-refractivity contribution in [2.75, 3.05) is 0 Å². The van der Waals surface area contributed by atoms with E-state index in [-0.39, 0.29) is 12.2 Å². The van der Waals surface area contributed by atoms with E-state index in [4.69, 9.17) is 15.6 Å². The molecule has 176 valence electrons. The summed E-state index contributed by atoms with van der Waals surface area (Å²) in [7, 11) is 0. The molecule has 0 fully saturated rings. The molecule has 0 aromatic heterocycles. The van der Waals surface area contributed by atoms with Crippen LogP contribution >= 0.6 is 0 Å². The number of esters is 2. The Labute approximate surface area is 190 Å². The molecule has 31 heavy (non-hydrogen) atoms. The van der Waals surface area contributed by atoms with Gasteiger partial charge in [0, 0.05) is 0 Å². The second-order valence-corrected chi connectivity index (χ2v) is 16.8. The van der Waals surface area contributed by atoms with Crippen LogP contribution in [0, 0.1) is 0 Å². The zero-order valence-electron chi connectivity index (χ0n) is 19.5. The van der Waals surface area contributed by atoms with Crippen molar-refractivity contribution < 1.29 is 34.8 Å². The number of rotatable bonds is 14. The van der Waals surface area contributed by atoms with Crippen molar-refractivity contribution in [1.82, 2.24) is 0 Å². The fourth-order valence-corrected chi connectivity index (χ4v) is 12.1. The molecule has 0 amide bonds. The first-order valence-electron chi connectivity index (χ1n) is 10.8. The van der Waals surface area contributed by atoms with Gasteiger partial charge in [0.2, 0.25) is 0 Å². The summed E-state index contributed by atoms with van der Waals surface area (Å²) >= 11 is -4.19. The van der Waals surface area contributed by atoms with Crippen LogP contribution in [-0.2, 0) is 34.8 Å². The van der Waals surface area contributed by atoms with Gasteiger partial charge in [-0.2, -0.15) is 0 Å². The van der Waals surface area contributed by atoms with E-state index in [2.05, 4.69) is 0 Å². The second-order valence-electron chi connectivity index (χ2n) is 7.60. The van der Waals surface area contributed by atoms with Crippen molar-refractivity contribution in [1.29, 1.82) is 0 Å². The predicted octanol–water partition coefficient (Wildman–Crippen LogP) is 4.13. The van der Waals surface area contributed by atoms with Gasteiger partial charge < -0.3 is 0 Å². The van der Waals surface area contributed by atoms with Crippen molar-refractivity contribution in [2.45, 2.75) is 88.3 Å². The standard InChI is InChI=1S/2C7H10O4.2C4H9.Sn/c2*1-5(2)11-7(10)4-3-6(8)9;2*1-3-4-2;/h2*3-5H,1-2H3,(H,8,9);2*1,3-4H2,2H3;/q;;;;+2/p-2. The fourth-order valence-electron chi connectivity index (χ4n) is 2.49. The molecule has 0 bridgehead atoms. The number of ether oxygens (including phenoxy) is 2. The summed E-state index contributed by atoms with van der Waals surface area (Å²) < 4.78 is 22.3. The molecule has 0 aliphatic carbocycles. The van der Waals surface area contributed by atoms with Gasteiger partial charge in [-0.1, -0.05) is 0 Å². The summed E-state index contributed by atoms with van der Waals surface area (Å²) in [6.45, 7) is 10.8. The molecule has 0 spiro atoms. The van der Waals surface area contributed by atoms with E-state index in [0.717, 1.165) is 50.0 Å². The van der Waals surface area contributed by atoms with Crippen molar-refractivity contribution >= 4 is 43.1 Å². The van der Waals surface area contributed by atoms with Crippen molar-refractivity contribution in [3.8, 4) is 0 Å². The van der Waals surface area contributed by atoms with Gasteiger partial charge in [0.25, 0.3) is 0 Å². The van der Waals surface area contributed by atoms with Crippen LogP contribution in [0.2, 0.25) is 8.87 Å². The van der Waals surface area contributed by atoms with Crippen molar-refractivity contribution in [3.05, 3.63) is 24.3 Å². The Morgan fingerprint density at radius 3 is 1.26 bits per heavy atom. The van der Waals surface area contributed by atoms with Gasteiger partial charge in [0.15, 0.2) is 0 Å². The fraction of sp³-hybridized carbons (Fsp3) is 0.636. The maximum absolute atomic E-state index is 12.4. The molecule has 0 aliphatic heterocycles. The molecule has 0 radical (unpaired) electrons. The monoisotopic (exact) mass is 548 g/mol. The molecule has 0 N–H and O–H groups in total. The molecule has 0 aromatic rings. The Hall–Kier alpha value is -1.84. The Balaban J connectivity index is 5.43. The van der Waals surface area contributed by atoms with Gasteiger partial charge in [-0.15, -0.1) is 0 Å². The number of carbonyl (C=O) groups is 4. The van der Waals surface area contributed by atoms with E-state index in [1.807, 2.05) is 13.8 Å². The molecular weight excluding hydrogens is 511 g/mol. The summed E-state index contributed by atoms with van der Waals surface area (Å²) in [6.07, 6.45) is 6.53. The first-order valence-corrected chi connectivity index (χ1v) is 17.1. The second kappa shape index (κ2) is 15.9. The number of hydrogen-bond donors (Lipinski definition) is 0.